The maximum Gasteiger partial charge on any atom is 0.256 e. The highest BCUT2D eigenvalue weighted by Gasteiger charge is 2.18. The molecule has 0 amide bonds. The third-order valence-electron chi connectivity index (χ3n) is 4.54. The van der Waals surface area contributed by atoms with Crippen LogP contribution < -0.4 is 10.9 Å². The zero-order valence-corrected chi connectivity index (χ0v) is 17.0. The number of hydrogen-bond acceptors (Lipinski definition) is 4. The van der Waals surface area contributed by atoms with E-state index >= 15 is 0 Å². The van der Waals surface area contributed by atoms with Crippen molar-refractivity contribution in [3.63, 3.8) is 0 Å². The van der Waals surface area contributed by atoms with Crippen LogP contribution >= 0.6 is 23.2 Å². The van der Waals surface area contributed by atoms with Crippen molar-refractivity contribution in [1.82, 2.24) is 19.9 Å². The molecule has 0 aliphatic carbocycles. The van der Waals surface area contributed by atoms with Crippen LogP contribution in [0.5, 0.6) is 0 Å². The highest BCUT2D eigenvalue weighted by molar-refractivity contribution is 6.36. The molecule has 0 saturated carbocycles. The molecule has 0 radical (unpaired) electrons. The van der Waals surface area contributed by atoms with Crippen molar-refractivity contribution in [3.05, 3.63) is 68.7 Å². The largest absolute Gasteiger partial charge is 0.344 e. The third-order valence-corrected chi connectivity index (χ3v) is 5.08. The van der Waals surface area contributed by atoms with E-state index in [4.69, 9.17) is 23.2 Å². The van der Waals surface area contributed by atoms with Crippen molar-refractivity contribution in [3.8, 4) is 11.1 Å². The first kappa shape index (κ1) is 19.4. The summed E-state index contributed by atoms with van der Waals surface area (Å²) < 4.78 is 14.4. The summed E-state index contributed by atoms with van der Waals surface area (Å²) in [5.41, 5.74) is 1.66. The standard InChI is InChI=1S/C20H16Cl2FN5O/c1-9(2)17-15(27-19-16-13(22)7-24-18(16)25-8-26-19)6-12(20(29)28-17)11-5-10(21)3-4-14(11)23/h3-9H,1-2H3,(H,28,29)(H2,24,25,26,27). The maximum absolute atomic E-state index is 14.4. The fraction of sp³-hybridized carbons (Fsp3) is 0.150. The molecule has 0 bridgehead atoms. The van der Waals surface area contributed by atoms with Crippen LogP contribution in [-0.4, -0.2) is 19.9 Å². The van der Waals surface area contributed by atoms with E-state index < -0.39 is 11.4 Å². The molecule has 0 spiro atoms. The molecule has 4 aromatic rings. The monoisotopic (exact) mass is 431 g/mol. The van der Waals surface area contributed by atoms with Crippen LogP contribution in [0.2, 0.25) is 10.0 Å². The number of benzene rings is 1. The molecule has 0 saturated heterocycles. The minimum absolute atomic E-state index is 0.0116. The first-order valence-corrected chi connectivity index (χ1v) is 9.58. The molecular formula is C20H16Cl2FN5O. The lowest BCUT2D eigenvalue weighted by atomic mass is 10.0. The van der Waals surface area contributed by atoms with Gasteiger partial charge in [-0.25, -0.2) is 14.4 Å². The Hall–Kier alpha value is -2.90. The van der Waals surface area contributed by atoms with Crippen molar-refractivity contribution in [1.29, 1.82) is 0 Å². The molecule has 0 aliphatic rings. The fourth-order valence-corrected chi connectivity index (χ4v) is 3.56. The first-order chi connectivity index (χ1) is 13.8. The van der Waals surface area contributed by atoms with Crippen LogP contribution in [-0.2, 0) is 0 Å². The van der Waals surface area contributed by atoms with Gasteiger partial charge in [0.05, 0.1) is 21.7 Å². The van der Waals surface area contributed by atoms with E-state index in [2.05, 4.69) is 25.3 Å². The average molecular weight is 432 g/mol. The molecular weight excluding hydrogens is 416 g/mol. The molecule has 0 fully saturated rings. The normalized spacial score (nSPS) is 11.4. The Morgan fingerprint density at radius 1 is 1.14 bits per heavy atom. The van der Waals surface area contributed by atoms with Crippen LogP contribution in [0.3, 0.4) is 0 Å². The number of hydrogen-bond donors (Lipinski definition) is 3. The molecule has 1 aromatic carbocycles. The third kappa shape index (κ3) is 3.59. The molecule has 4 rings (SSSR count). The minimum Gasteiger partial charge on any atom is -0.344 e. The number of aromatic amines is 2. The molecule has 3 N–H and O–H groups in total. The lowest BCUT2D eigenvalue weighted by molar-refractivity contribution is 0.631. The molecule has 0 unspecified atom stereocenters. The van der Waals surface area contributed by atoms with E-state index in [1.54, 1.807) is 12.3 Å². The van der Waals surface area contributed by atoms with E-state index in [9.17, 15) is 9.18 Å². The van der Waals surface area contributed by atoms with Crippen LogP contribution in [0.4, 0.5) is 15.9 Å². The summed E-state index contributed by atoms with van der Waals surface area (Å²) in [5, 5.41) is 4.62. The summed E-state index contributed by atoms with van der Waals surface area (Å²) in [6.45, 7) is 3.88. The fourth-order valence-electron chi connectivity index (χ4n) is 3.15. The second kappa shape index (κ2) is 7.50. The summed E-state index contributed by atoms with van der Waals surface area (Å²) in [5.74, 6) is -0.0866. The Morgan fingerprint density at radius 2 is 1.93 bits per heavy atom. The summed E-state index contributed by atoms with van der Waals surface area (Å²) >= 11 is 12.3. The molecule has 0 atom stereocenters. The summed E-state index contributed by atoms with van der Waals surface area (Å²) in [6.07, 6.45) is 3.02. The predicted octanol–water partition coefficient (Wildman–Crippen LogP) is 5.63. The smallest absolute Gasteiger partial charge is 0.256 e. The Morgan fingerprint density at radius 3 is 2.69 bits per heavy atom. The minimum atomic E-state index is -0.541. The van der Waals surface area contributed by atoms with E-state index in [1.165, 1.54) is 24.5 Å². The van der Waals surface area contributed by atoms with Gasteiger partial charge in [0.15, 0.2) is 0 Å². The first-order valence-electron chi connectivity index (χ1n) is 8.82. The van der Waals surface area contributed by atoms with Gasteiger partial charge in [-0.2, -0.15) is 0 Å². The lowest BCUT2D eigenvalue weighted by Gasteiger charge is -2.16. The Balaban J connectivity index is 1.91. The molecule has 3 aromatic heterocycles. The highest BCUT2D eigenvalue weighted by atomic mass is 35.5. The quantitative estimate of drug-likeness (QED) is 0.390. The van der Waals surface area contributed by atoms with Crippen LogP contribution in [0.1, 0.15) is 25.5 Å². The van der Waals surface area contributed by atoms with Gasteiger partial charge in [0.1, 0.15) is 23.6 Å². The molecule has 9 heteroatoms. The Kier molecular flexibility index (Phi) is 5.02. The average Bonchev–Trinajstić information content (AvgIpc) is 3.07. The van der Waals surface area contributed by atoms with Crippen LogP contribution in [0, 0.1) is 5.82 Å². The number of H-pyrrole nitrogens is 2. The van der Waals surface area contributed by atoms with Gasteiger partial charge in [-0.3, -0.25) is 4.79 Å². The van der Waals surface area contributed by atoms with Crippen molar-refractivity contribution >= 4 is 45.7 Å². The van der Waals surface area contributed by atoms with Crippen LogP contribution in [0.25, 0.3) is 22.2 Å². The zero-order valence-electron chi connectivity index (χ0n) is 15.5. The second-order valence-corrected chi connectivity index (χ2v) is 7.67. The highest BCUT2D eigenvalue weighted by Crippen LogP contribution is 2.33. The number of rotatable bonds is 4. The number of nitrogens with one attached hydrogen (secondary N) is 3. The van der Waals surface area contributed by atoms with Gasteiger partial charge in [0.25, 0.3) is 5.56 Å². The van der Waals surface area contributed by atoms with Gasteiger partial charge in [-0.15, -0.1) is 0 Å². The lowest BCUT2D eigenvalue weighted by Crippen LogP contribution is -2.15. The summed E-state index contributed by atoms with van der Waals surface area (Å²) in [6, 6.07) is 5.68. The number of fused-ring (bicyclic) bond motifs is 1. The number of aromatic nitrogens is 4. The van der Waals surface area contributed by atoms with Crippen molar-refractivity contribution in [2.45, 2.75) is 19.8 Å². The van der Waals surface area contributed by atoms with Gasteiger partial charge in [0, 0.05) is 22.5 Å². The van der Waals surface area contributed by atoms with Crippen molar-refractivity contribution in [2.24, 2.45) is 0 Å². The maximum atomic E-state index is 14.4. The number of pyridine rings is 1. The van der Waals surface area contributed by atoms with Gasteiger partial charge >= 0.3 is 0 Å². The Bertz CT molecular complexity index is 1280. The molecule has 0 aliphatic heterocycles. The zero-order chi connectivity index (χ0) is 20.7. The van der Waals surface area contributed by atoms with E-state index in [0.717, 1.165) is 0 Å². The number of halogens is 3. The SMILES string of the molecule is CC(C)c1[nH]c(=O)c(-c2cc(Cl)ccc2F)cc1Nc1ncnc2[nH]cc(Cl)c12. The van der Waals surface area contributed by atoms with Gasteiger partial charge in [-0.1, -0.05) is 37.0 Å². The van der Waals surface area contributed by atoms with Gasteiger partial charge in [-0.05, 0) is 30.2 Å². The molecule has 3 heterocycles. The predicted molar refractivity (Wildman–Crippen MR) is 114 cm³/mol. The van der Waals surface area contributed by atoms with Crippen LogP contribution in [0.15, 0.2) is 41.6 Å². The number of nitrogens with zero attached hydrogens (tertiary/aromatic N) is 2. The van der Waals surface area contributed by atoms with Gasteiger partial charge in [0.2, 0.25) is 0 Å². The van der Waals surface area contributed by atoms with Crippen molar-refractivity contribution in [2.75, 3.05) is 5.32 Å². The van der Waals surface area contributed by atoms with E-state index in [-0.39, 0.29) is 17.0 Å². The molecule has 6 nitrogen and oxygen atoms in total. The van der Waals surface area contributed by atoms with Gasteiger partial charge < -0.3 is 15.3 Å². The van der Waals surface area contributed by atoms with Crippen molar-refractivity contribution < 1.29 is 4.39 Å². The summed E-state index contributed by atoms with van der Waals surface area (Å²) in [4.78, 5) is 26.9. The second-order valence-electron chi connectivity index (χ2n) is 6.83. The van der Waals surface area contributed by atoms with E-state index in [0.29, 0.717) is 38.3 Å². The Labute approximate surface area is 175 Å². The topological polar surface area (TPSA) is 86.5 Å². The molecule has 148 valence electrons. The summed E-state index contributed by atoms with van der Waals surface area (Å²) in [7, 11) is 0. The van der Waals surface area contributed by atoms with E-state index in [1.807, 2.05) is 13.8 Å². The molecule has 29 heavy (non-hydrogen) atoms. The number of anilines is 2.